The quantitative estimate of drug-likeness (QED) is 0.431. The topological polar surface area (TPSA) is 64.0 Å². The molecule has 1 N–H and O–H groups in total. The minimum absolute atomic E-state index is 0.0263. The predicted molar refractivity (Wildman–Crippen MR) is 116 cm³/mol. The van der Waals surface area contributed by atoms with Crippen molar-refractivity contribution in [1.82, 2.24) is 14.9 Å². The van der Waals surface area contributed by atoms with Crippen LogP contribution in [0.4, 0.5) is 0 Å². The molecule has 1 aliphatic carbocycles. The Kier molecular flexibility index (Phi) is 6.83. The van der Waals surface area contributed by atoms with Crippen LogP contribution in [-0.4, -0.2) is 27.3 Å². The third-order valence-corrected chi connectivity index (χ3v) is 6.79. The summed E-state index contributed by atoms with van der Waals surface area (Å²) in [6.45, 7) is 8.51. The maximum atomic E-state index is 12.8. The van der Waals surface area contributed by atoms with E-state index in [1.54, 1.807) is 28.8 Å². The van der Waals surface area contributed by atoms with Crippen molar-refractivity contribution in [2.75, 3.05) is 5.75 Å². The molecule has 0 saturated heterocycles. The number of rotatable bonds is 6. The van der Waals surface area contributed by atoms with E-state index in [9.17, 15) is 9.59 Å². The van der Waals surface area contributed by atoms with Crippen LogP contribution in [-0.2, 0) is 11.3 Å². The largest absolute Gasteiger partial charge is 0.352 e. The summed E-state index contributed by atoms with van der Waals surface area (Å²) in [5.41, 5.74) is 0.384. The second-order valence-electron chi connectivity index (χ2n) is 7.49. The zero-order chi connectivity index (χ0) is 20.3. The molecule has 0 unspecified atom stereocenters. The number of fused-ring (bicyclic) bond motifs is 1. The molecule has 0 spiro atoms. The van der Waals surface area contributed by atoms with Gasteiger partial charge in [0.05, 0.1) is 16.7 Å². The van der Waals surface area contributed by atoms with Gasteiger partial charge in [-0.05, 0) is 36.5 Å². The molecule has 1 amide bonds. The van der Waals surface area contributed by atoms with Crippen molar-refractivity contribution in [3.63, 3.8) is 0 Å². The molecule has 5 nitrogen and oxygen atoms in total. The number of allylic oxidation sites excluding steroid dienone is 1. The fourth-order valence-electron chi connectivity index (χ4n) is 3.74. The van der Waals surface area contributed by atoms with E-state index >= 15 is 0 Å². The summed E-state index contributed by atoms with van der Waals surface area (Å²) >= 11 is 7.32. The Hall–Kier alpha value is -1.79. The Balaban J connectivity index is 1.77. The van der Waals surface area contributed by atoms with Crippen LogP contribution >= 0.6 is 23.4 Å². The van der Waals surface area contributed by atoms with Crippen LogP contribution in [0.3, 0.4) is 0 Å². The van der Waals surface area contributed by atoms with Gasteiger partial charge in [-0.25, -0.2) is 4.98 Å². The molecule has 0 bridgehead atoms. The number of hydrogen-bond acceptors (Lipinski definition) is 4. The maximum absolute atomic E-state index is 12.8. The van der Waals surface area contributed by atoms with E-state index in [1.165, 1.54) is 18.2 Å². The van der Waals surface area contributed by atoms with Gasteiger partial charge < -0.3 is 5.32 Å². The molecule has 2 aromatic rings. The number of nitrogens with one attached hydrogen (secondary N) is 1. The smallest absolute Gasteiger partial charge is 0.262 e. The molecule has 0 aliphatic heterocycles. The highest BCUT2D eigenvalue weighted by Gasteiger charge is 2.28. The van der Waals surface area contributed by atoms with Crippen LogP contribution in [0, 0.1) is 11.8 Å². The van der Waals surface area contributed by atoms with Crippen molar-refractivity contribution in [3.05, 3.63) is 46.2 Å². The molecule has 28 heavy (non-hydrogen) atoms. The fraction of sp³-hybridized carbons (Fsp3) is 0.476. The molecule has 1 heterocycles. The minimum atomic E-state index is -0.154. The van der Waals surface area contributed by atoms with E-state index in [1.807, 2.05) is 0 Å². The number of nitrogens with zero attached hydrogens (tertiary/aromatic N) is 2. The summed E-state index contributed by atoms with van der Waals surface area (Å²) in [5.74, 6) is 1.29. The highest BCUT2D eigenvalue weighted by molar-refractivity contribution is 7.99. The summed E-state index contributed by atoms with van der Waals surface area (Å²) < 4.78 is 1.55. The van der Waals surface area contributed by atoms with Gasteiger partial charge in [0.1, 0.15) is 0 Å². The zero-order valence-electron chi connectivity index (χ0n) is 16.3. The molecule has 3 rings (SSSR count). The molecule has 1 saturated carbocycles. The lowest BCUT2D eigenvalue weighted by Crippen LogP contribution is -2.44. The van der Waals surface area contributed by atoms with Crippen LogP contribution in [0.1, 0.15) is 33.1 Å². The number of amides is 1. The number of carbonyl (C=O) groups excluding carboxylic acids is 1. The molecule has 150 valence electrons. The van der Waals surface area contributed by atoms with Crippen molar-refractivity contribution in [3.8, 4) is 0 Å². The van der Waals surface area contributed by atoms with Gasteiger partial charge in [0.25, 0.3) is 5.56 Å². The van der Waals surface area contributed by atoms with E-state index in [2.05, 4.69) is 30.7 Å². The van der Waals surface area contributed by atoms with Gasteiger partial charge in [0, 0.05) is 17.6 Å². The van der Waals surface area contributed by atoms with Crippen LogP contribution in [0.5, 0.6) is 0 Å². The number of benzene rings is 1. The number of halogens is 1. The van der Waals surface area contributed by atoms with Crippen LogP contribution in [0.2, 0.25) is 5.02 Å². The van der Waals surface area contributed by atoms with Gasteiger partial charge in [-0.1, -0.05) is 56.1 Å². The third kappa shape index (κ3) is 4.61. The standard InChI is InChI=1S/C21H26ClN3O2S/c1-4-10-25-20(27)16-9-8-15(22)11-18(16)24-21(25)28-12-19(26)23-17-7-5-6-13(2)14(17)3/h4,8-9,11,13-14,17H,1,5-7,10,12H2,2-3H3,(H,23,26)/t13-,14+,17-/m1/s1. The number of hydrogen-bond donors (Lipinski definition) is 1. The van der Waals surface area contributed by atoms with E-state index in [0.717, 1.165) is 12.8 Å². The number of carbonyl (C=O) groups is 1. The Morgan fingerprint density at radius 1 is 1.43 bits per heavy atom. The van der Waals surface area contributed by atoms with Crippen molar-refractivity contribution >= 4 is 40.2 Å². The molecule has 3 atom stereocenters. The van der Waals surface area contributed by atoms with Gasteiger partial charge in [-0.15, -0.1) is 6.58 Å². The van der Waals surface area contributed by atoms with E-state index < -0.39 is 0 Å². The monoisotopic (exact) mass is 419 g/mol. The fourth-order valence-corrected chi connectivity index (χ4v) is 4.72. The SMILES string of the molecule is C=CCn1c(SCC(=O)N[C@@H]2CCC[C@@H](C)[C@@H]2C)nc2cc(Cl)ccc2c1=O. The molecule has 1 aliphatic rings. The molecule has 1 fully saturated rings. The van der Waals surface area contributed by atoms with E-state index in [-0.39, 0.29) is 23.3 Å². The Morgan fingerprint density at radius 2 is 2.21 bits per heavy atom. The summed E-state index contributed by atoms with van der Waals surface area (Å²) in [5, 5.41) is 4.69. The maximum Gasteiger partial charge on any atom is 0.262 e. The summed E-state index contributed by atoms with van der Waals surface area (Å²) in [6.07, 6.45) is 5.05. The van der Waals surface area contributed by atoms with Gasteiger partial charge in [0.15, 0.2) is 5.16 Å². The molecule has 1 aromatic carbocycles. The number of thioether (sulfide) groups is 1. The van der Waals surface area contributed by atoms with Gasteiger partial charge >= 0.3 is 0 Å². The van der Waals surface area contributed by atoms with Crippen molar-refractivity contribution in [2.24, 2.45) is 11.8 Å². The highest BCUT2D eigenvalue weighted by Crippen LogP contribution is 2.29. The zero-order valence-corrected chi connectivity index (χ0v) is 17.9. The lowest BCUT2D eigenvalue weighted by molar-refractivity contribution is -0.120. The first-order chi connectivity index (χ1) is 13.4. The van der Waals surface area contributed by atoms with Crippen LogP contribution < -0.4 is 10.9 Å². The molecular weight excluding hydrogens is 394 g/mol. The summed E-state index contributed by atoms with van der Waals surface area (Å²) in [6, 6.07) is 5.25. The molecular formula is C21H26ClN3O2S. The Morgan fingerprint density at radius 3 is 2.96 bits per heavy atom. The van der Waals surface area contributed by atoms with Gasteiger partial charge in [0.2, 0.25) is 5.91 Å². The van der Waals surface area contributed by atoms with Crippen molar-refractivity contribution in [1.29, 1.82) is 0 Å². The predicted octanol–water partition coefficient (Wildman–Crippen LogP) is 4.27. The van der Waals surface area contributed by atoms with Gasteiger partial charge in [-0.3, -0.25) is 14.2 Å². The van der Waals surface area contributed by atoms with Gasteiger partial charge in [-0.2, -0.15) is 0 Å². The van der Waals surface area contributed by atoms with Crippen LogP contribution in [0.15, 0.2) is 40.8 Å². The second kappa shape index (κ2) is 9.14. The minimum Gasteiger partial charge on any atom is -0.352 e. The average molecular weight is 420 g/mol. The molecule has 7 heteroatoms. The first kappa shape index (κ1) is 20.9. The third-order valence-electron chi connectivity index (χ3n) is 5.58. The van der Waals surface area contributed by atoms with Crippen molar-refractivity contribution in [2.45, 2.75) is 50.9 Å². The molecule has 1 aromatic heterocycles. The lowest BCUT2D eigenvalue weighted by atomic mass is 9.78. The van der Waals surface area contributed by atoms with Crippen LogP contribution in [0.25, 0.3) is 10.9 Å². The van der Waals surface area contributed by atoms with E-state index in [0.29, 0.717) is 39.5 Å². The lowest BCUT2D eigenvalue weighted by Gasteiger charge is -2.34. The summed E-state index contributed by atoms with van der Waals surface area (Å²) in [4.78, 5) is 29.9. The first-order valence-corrected chi connectivity index (χ1v) is 11.0. The van der Waals surface area contributed by atoms with Crippen molar-refractivity contribution < 1.29 is 4.79 Å². The van der Waals surface area contributed by atoms with E-state index in [4.69, 9.17) is 11.6 Å². The molecule has 0 radical (unpaired) electrons. The summed E-state index contributed by atoms with van der Waals surface area (Å²) in [7, 11) is 0. The average Bonchev–Trinajstić information content (AvgIpc) is 2.66. The highest BCUT2D eigenvalue weighted by atomic mass is 35.5. The Bertz CT molecular complexity index is 943. The first-order valence-electron chi connectivity index (χ1n) is 9.64. The Labute approximate surface area is 174 Å². The second-order valence-corrected chi connectivity index (χ2v) is 8.87. The number of aromatic nitrogens is 2. The normalized spacial score (nSPS) is 22.2.